The highest BCUT2D eigenvalue weighted by atomic mass is 19.1. The van der Waals surface area contributed by atoms with Crippen molar-refractivity contribution in [2.75, 3.05) is 13.7 Å². The summed E-state index contributed by atoms with van der Waals surface area (Å²) in [6.45, 7) is -0.444. The third-order valence-electron chi connectivity index (χ3n) is 3.63. The van der Waals surface area contributed by atoms with Crippen LogP contribution in [0.3, 0.4) is 0 Å². The van der Waals surface area contributed by atoms with E-state index >= 15 is 0 Å². The Kier molecular flexibility index (Phi) is 5.12. The molecular formula is C20H15FO5. The second kappa shape index (κ2) is 7.65. The topological polar surface area (TPSA) is 65.7 Å². The van der Waals surface area contributed by atoms with Gasteiger partial charge in [0, 0.05) is 11.5 Å². The maximum atomic E-state index is 13.6. The normalized spacial score (nSPS) is 11.0. The lowest BCUT2D eigenvalue weighted by Gasteiger charge is -2.02. The Morgan fingerprint density at radius 3 is 2.69 bits per heavy atom. The number of halogens is 1. The molecule has 0 N–H and O–H groups in total. The largest absolute Gasteiger partial charge is 0.494 e. The Hall–Kier alpha value is -3.41. The van der Waals surface area contributed by atoms with Crippen molar-refractivity contribution in [3.05, 3.63) is 71.7 Å². The van der Waals surface area contributed by atoms with Crippen LogP contribution in [-0.2, 0) is 9.53 Å². The van der Waals surface area contributed by atoms with E-state index in [-0.39, 0.29) is 11.5 Å². The minimum atomic E-state index is -0.717. The SMILES string of the molecule is COc1ccc(/C=C/C(=O)OCC(=O)c2cc3ccccc3o2)cc1F. The maximum Gasteiger partial charge on any atom is 0.331 e. The molecule has 3 rings (SSSR count). The van der Waals surface area contributed by atoms with Crippen LogP contribution in [0.2, 0.25) is 0 Å². The number of rotatable bonds is 6. The Bertz CT molecular complexity index is 954. The number of ketones is 1. The van der Waals surface area contributed by atoms with Crippen LogP contribution in [0.25, 0.3) is 17.0 Å². The molecule has 0 aliphatic rings. The van der Waals surface area contributed by atoms with Crippen molar-refractivity contribution < 1.29 is 27.9 Å². The summed E-state index contributed by atoms with van der Waals surface area (Å²) in [5.41, 5.74) is 1.05. The van der Waals surface area contributed by atoms with Gasteiger partial charge in [-0.25, -0.2) is 9.18 Å². The molecule has 0 atom stereocenters. The lowest BCUT2D eigenvalue weighted by Crippen LogP contribution is -2.11. The lowest BCUT2D eigenvalue weighted by atomic mass is 10.2. The van der Waals surface area contributed by atoms with Crippen LogP contribution in [0, 0.1) is 5.82 Å². The molecule has 0 amide bonds. The van der Waals surface area contributed by atoms with Gasteiger partial charge in [-0.05, 0) is 35.9 Å². The molecule has 1 aromatic heterocycles. The van der Waals surface area contributed by atoms with Crippen molar-refractivity contribution in [3.63, 3.8) is 0 Å². The van der Waals surface area contributed by atoms with E-state index in [1.165, 1.54) is 25.3 Å². The number of Topliss-reactive ketones (excluding diaryl/α,β-unsaturated/α-hetero) is 1. The summed E-state index contributed by atoms with van der Waals surface area (Å²) in [4.78, 5) is 23.8. The first-order valence-corrected chi connectivity index (χ1v) is 7.77. The minimum Gasteiger partial charge on any atom is -0.494 e. The molecule has 0 saturated heterocycles. The molecule has 0 aliphatic carbocycles. The Labute approximate surface area is 148 Å². The molecule has 0 bridgehead atoms. The highest BCUT2D eigenvalue weighted by molar-refractivity contribution is 5.99. The van der Waals surface area contributed by atoms with Gasteiger partial charge in [0.1, 0.15) is 5.58 Å². The Morgan fingerprint density at radius 1 is 1.15 bits per heavy atom. The van der Waals surface area contributed by atoms with Crippen LogP contribution in [0.1, 0.15) is 16.1 Å². The molecule has 0 radical (unpaired) electrons. The molecule has 1 heterocycles. The standard InChI is InChI=1S/C20H15FO5/c1-24-18-8-6-13(10-15(18)21)7-9-20(23)25-12-16(22)19-11-14-4-2-3-5-17(14)26-19/h2-11H,12H2,1H3/b9-7+. The smallest absolute Gasteiger partial charge is 0.331 e. The van der Waals surface area contributed by atoms with Gasteiger partial charge in [-0.15, -0.1) is 0 Å². The van der Waals surface area contributed by atoms with Crippen LogP contribution in [0.4, 0.5) is 4.39 Å². The zero-order valence-corrected chi connectivity index (χ0v) is 13.9. The average Bonchev–Trinajstić information content (AvgIpc) is 3.09. The first-order chi connectivity index (χ1) is 12.6. The third kappa shape index (κ3) is 3.97. The Morgan fingerprint density at radius 2 is 1.96 bits per heavy atom. The average molecular weight is 354 g/mol. The van der Waals surface area contributed by atoms with Crippen LogP contribution in [-0.4, -0.2) is 25.5 Å². The highest BCUT2D eigenvalue weighted by Crippen LogP contribution is 2.20. The molecule has 0 saturated carbocycles. The summed E-state index contributed by atoms with van der Waals surface area (Å²) < 4.78 is 28.7. The second-order valence-corrected chi connectivity index (χ2v) is 5.41. The number of benzene rings is 2. The van der Waals surface area contributed by atoms with E-state index in [0.29, 0.717) is 11.1 Å². The molecule has 0 aliphatic heterocycles. The van der Waals surface area contributed by atoms with E-state index in [4.69, 9.17) is 13.9 Å². The number of esters is 1. The predicted molar refractivity (Wildman–Crippen MR) is 93.5 cm³/mol. The number of carbonyl (C=O) groups is 2. The summed E-state index contributed by atoms with van der Waals surface area (Å²) in [5, 5.41) is 0.795. The van der Waals surface area contributed by atoms with Crippen LogP contribution in [0.5, 0.6) is 5.75 Å². The van der Waals surface area contributed by atoms with Gasteiger partial charge in [0.25, 0.3) is 0 Å². The molecule has 5 nitrogen and oxygen atoms in total. The van der Waals surface area contributed by atoms with Crippen LogP contribution in [0.15, 0.2) is 59.0 Å². The number of fused-ring (bicyclic) bond motifs is 1. The van der Waals surface area contributed by atoms with Crippen molar-refractivity contribution in [1.82, 2.24) is 0 Å². The van der Waals surface area contributed by atoms with Gasteiger partial charge in [0.2, 0.25) is 5.78 Å². The zero-order chi connectivity index (χ0) is 18.5. The fourth-order valence-electron chi connectivity index (χ4n) is 2.33. The third-order valence-corrected chi connectivity index (χ3v) is 3.63. The quantitative estimate of drug-likeness (QED) is 0.380. The van der Waals surface area contributed by atoms with Crippen molar-refractivity contribution >= 4 is 28.8 Å². The van der Waals surface area contributed by atoms with E-state index in [0.717, 1.165) is 11.5 Å². The van der Waals surface area contributed by atoms with Gasteiger partial charge in [-0.1, -0.05) is 24.3 Å². The first kappa shape index (κ1) is 17.4. The van der Waals surface area contributed by atoms with E-state index < -0.39 is 24.2 Å². The number of hydrogen-bond acceptors (Lipinski definition) is 5. The summed E-state index contributed by atoms with van der Waals surface area (Å²) in [7, 11) is 1.37. The number of carbonyl (C=O) groups excluding carboxylic acids is 2. The van der Waals surface area contributed by atoms with E-state index in [1.54, 1.807) is 24.3 Å². The number of furan rings is 1. The molecule has 0 unspecified atom stereocenters. The van der Waals surface area contributed by atoms with Gasteiger partial charge in [0.15, 0.2) is 23.9 Å². The molecule has 132 valence electrons. The number of methoxy groups -OCH3 is 1. The second-order valence-electron chi connectivity index (χ2n) is 5.41. The van der Waals surface area contributed by atoms with Gasteiger partial charge in [0.05, 0.1) is 7.11 Å². The predicted octanol–water partition coefficient (Wildman–Crippen LogP) is 4.02. The van der Waals surface area contributed by atoms with Crippen molar-refractivity contribution in [3.8, 4) is 5.75 Å². The van der Waals surface area contributed by atoms with Gasteiger partial charge >= 0.3 is 5.97 Å². The molecule has 0 spiro atoms. The zero-order valence-electron chi connectivity index (χ0n) is 13.9. The molecular weight excluding hydrogens is 339 g/mol. The van der Waals surface area contributed by atoms with Gasteiger partial charge in [-0.2, -0.15) is 0 Å². The van der Waals surface area contributed by atoms with Crippen LogP contribution >= 0.6 is 0 Å². The molecule has 6 heteroatoms. The monoisotopic (exact) mass is 354 g/mol. The number of para-hydroxylation sites is 1. The molecule has 2 aromatic carbocycles. The minimum absolute atomic E-state index is 0.112. The van der Waals surface area contributed by atoms with Crippen molar-refractivity contribution in [1.29, 1.82) is 0 Å². The number of ether oxygens (including phenoxy) is 2. The highest BCUT2D eigenvalue weighted by Gasteiger charge is 2.13. The summed E-state index contributed by atoms with van der Waals surface area (Å²) >= 11 is 0. The molecule has 26 heavy (non-hydrogen) atoms. The first-order valence-electron chi connectivity index (χ1n) is 7.77. The maximum absolute atomic E-state index is 13.6. The fraction of sp³-hybridized carbons (Fsp3) is 0.100. The lowest BCUT2D eigenvalue weighted by molar-refractivity contribution is -0.136. The summed E-state index contributed by atoms with van der Waals surface area (Å²) in [6.07, 6.45) is 2.50. The molecule has 3 aromatic rings. The molecule has 0 fully saturated rings. The number of hydrogen-bond donors (Lipinski definition) is 0. The van der Waals surface area contributed by atoms with Crippen molar-refractivity contribution in [2.24, 2.45) is 0 Å². The van der Waals surface area contributed by atoms with Gasteiger partial charge in [-0.3, -0.25) is 4.79 Å². The van der Waals surface area contributed by atoms with E-state index in [1.807, 2.05) is 12.1 Å². The Balaban J connectivity index is 1.58. The summed E-state index contributed by atoms with van der Waals surface area (Å²) in [5.74, 6) is -1.46. The van der Waals surface area contributed by atoms with E-state index in [2.05, 4.69) is 0 Å². The summed E-state index contributed by atoms with van der Waals surface area (Å²) in [6, 6.07) is 13.1. The van der Waals surface area contributed by atoms with Crippen LogP contribution < -0.4 is 4.74 Å². The van der Waals surface area contributed by atoms with Crippen molar-refractivity contribution in [2.45, 2.75) is 0 Å². The fourth-order valence-corrected chi connectivity index (χ4v) is 2.33. The van der Waals surface area contributed by atoms with E-state index in [9.17, 15) is 14.0 Å². The van der Waals surface area contributed by atoms with Gasteiger partial charge < -0.3 is 13.9 Å².